The summed E-state index contributed by atoms with van der Waals surface area (Å²) in [6.45, 7) is 2.44. The zero-order chi connectivity index (χ0) is 20.1. The van der Waals surface area contributed by atoms with Crippen molar-refractivity contribution in [3.05, 3.63) is 54.6 Å². The molecule has 3 aromatic rings. The van der Waals surface area contributed by atoms with Crippen molar-refractivity contribution in [1.29, 1.82) is 0 Å². The van der Waals surface area contributed by atoms with Crippen LogP contribution in [0.1, 0.15) is 6.92 Å². The Morgan fingerprint density at radius 1 is 1.04 bits per heavy atom. The molecule has 0 aliphatic carbocycles. The fourth-order valence-electron chi connectivity index (χ4n) is 2.44. The average Bonchev–Trinajstić information content (AvgIpc) is 2.63. The highest BCUT2D eigenvalue weighted by Gasteiger charge is 2.31. The summed E-state index contributed by atoms with van der Waals surface area (Å²) in [5.74, 6) is 0.558. The molecule has 0 amide bonds. The molecule has 6 nitrogen and oxygen atoms in total. The molecule has 2 aromatic carbocycles. The van der Waals surface area contributed by atoms with E-state index in [1.807, 2.05) is 6.92 Å². The van der Waals surface area contributed by atoms with Crippen LogP contribution in [0.4, 0.5) is 30.6 Å². The van der Waals surface area contributed by atoms with Gasteiger partial charge in [-0.2, -0.15) is 4.98 Å². The van der Waals surface area contributed by atoms with E-state index in [0.717, 1.165) is 0 Å². The number of halogens is 3. The van der Waals surface area contributed by atoms with Gasteiger partial charge in [-0.3, -0.25) is 0 Å². The maximum absolute atomic E-state index is 12.5. The monoisotopic (exact) mass is 390 g/mol. The standard InChI is InChI=1S/C19H17F3N4O2/c1-2-23-18-25-16(12-4-3-5-15(10-12)28-19(20,21)22)11-17(26-18)24-13-6-8-14(27)9-7-13/h3-11,27H,2H2,1H3,(H2,23,24,25,26). The summed E-state index contributed by atoms with van der Waals surface area (Å²) >= 11 is 0. The zero-order valence-electron chi connectivity index (χ0n) is 14.8. The van der Waals surface area contributed by atoms with Crippen molar-refractivity contribution in [1.82, 2.24) is 9.97 Å². The highest BCUT2D eigenvalue weighted by molar-refractivity contribution is 5.68. The lowest BCUT2D eigenvalue weighted by molar-refractivity contribution is -0.274. The van der Waals surface area contributed by atoms with Crippen molar-refractivity contribution < 1.29 is 23.0 Å². The van der Waals surface area contributed by atoms with Crippen LogP contribution in [0.3, 0.4) is 0 Å². The third-order valence-electron chi connectivity index (χ3n) is 3.56. The van der Waals surface area contributed by atoms with Crippen LogP contribution >= 0.6 is 0 Å². The van der Waals surface area contributed by atoms with Crippen LogP contribution in [0, 0.1) is 0 Å². The SMILES string of the molecule is CCNc1nc(Nc2ccc(O)cc2)cc(-c2cccc(OC(F)(F)F)c2)n1. The first-order chi connectivity index (χ1) is 13.3. The van der Waals surface area contributed by atoms with Gasteiger partial charge in [-0.25, -0.2) is 4.98 Å². The number of rotatable bonds is 6. The van der Waals surface area contributed by atoms with E-state index in [-0.39, 0.29) is 11.5 Å². The molecular weight excluding hydrogens is 373 g/mol. The molecule has 0 radical (unpaired) electrons. The molecule has 0 bridgehead atoms. The number of benzene rings is 2. The molecule has 3 N–H and O–H groups in total. The van der Waals surface area contributed by atoms with Gasteiger partial charge in [0.25, 0.3) is 0 Å². The number of alkyl halides is 3. The van der Waals surface area contributed by atoms with Crippen LogP contribution < -0.4 is 15.4 Å². The normalized spacial score (nSPS) is 11.1. The zero-order valence-corrected chi connectivity index (χ0v) is 14.8. The molecule has 0 spiro atoms. The number of anilines is 3. The van der Waals surface area contributed by atoms with Gasteiger partial charge in [0, 0.05) is 23.9 Å². The van der Waals surface area contributed by atoms with Crippen LogP contribution in [-0.2, 0) is 0 Å². The Hall–Kier alpha value is -3.49. The molecular formula is C19H17F3N4O2. The van der Waals surface area contributed by atoms with Crippen molar-refractivity contribution in [2.24, 2.45) is 0 Å². The predicted molar refractivity (Wildman–Crippen MR) is 99.7 cm³/mol. The summed E-state index contributed by atoms with van der Waals surface area (Å²) in [5.41, 5.74) is 1.54. The predicted octanol–water partition coefficient (Wildman–Crippen LogP) is 4.92. The average molecular weight is 390 g/mol. The Labute approximate surface area is 159 Å². The Kier molecular flexibility index (Phi) is 5.53. The van der Waals surface area contributed by atoms with E-state index in [9.17, 15) is 18.3 Å². The second-order valence-corrected chi connectivity index (χ2v) is 5.74. The van der Waals surface area contributed by atoms with Gasteiger partial charge in [-0.15, -0.1) is 13.2 Å². The molecule has 9 heteroatoms. The van der Waals surface area contributed by atoms with E-state index in [2.05, 4.69) is 25.3 Å². The minimum Gasteiger partial charge on any atom is -0.508 e. The minimum absolute atomic E-state index is 0.128. The van der Waals surface area contributed by atoms with Gasteiger partial charge in [-0.05, 0) is 43.3 Å². The molecule has 3 rings (SSSR count). The molecule has 0 unspecified atom stereocenters. The third-order valence-corrected chi connectivity index (χ3v) is 3.56. The van der Waals surface area contributed by atoms with E-state index in [4.69, 9.17) is 0 Å². The number of hydrogen-bond acceptors (Lipinski definition) is 6. The van der Waals surface area contributed by atoms with E-state index >= 15 is 0 Å². The maximum atomic E-state index is 12.5. The Morgan fingerprint density at radius 3 is 2.46 bits per heavy atom. The molecule has 0 fully saturated rings. The van der Waals surface area contributed by atoms with E-state index in [1.165, 1.54) is 30.3 Å². The molecule has 1 heterocycles. The van der Waals surface area contributed by atoms with Gasteiger partial charge in [0.15, 0.2) is 0 Å². The number of nitrogens with one attached hydrogen (secondary N) is 2. The molecule has 0 saturated carbocycles. The lowest BCUT2D eigenvalue weighted by Crippen LogP contribution is -2.17. The summed E-state index contributed by atoms with van der Waals surface area (Å²) in [5, 5.41) is 15.5. The number of phenolic OH excluding ortho intramolecular Hbond substituents is 1. The van der Waals surface area contributed by atoms with Crippen LogP contribution in [0.2, 0.25) is 0 Å². The highest BCUT2D eigenvalue weighted by atomic mass is 19.4. The maximum Gasteiger partial charge on any atom is 0.573 e. The number of hydrogen-bond donors (Lipinski definition) is 3. The second-order valence-electron chi connectivity index (χ2n) is 5.74. The summed E-state index contributed by atoms with van der Waals surface area (Å²) in [7, 11) is 0. The number of ether oxygens (including phenoxy) is 1. The minimum atomic E-state index is -4.77. The first-order valence-corrected chi connectivity index (χ1v) is 8.37. The van der Waals surface area contributed by atoms with Gasteiger partial charge < -0.3 is 20.5 Å². The summed E-state index contributed by atoms with van der Waals surface area (Å²) < 4.78 is 41.4. The van der Waals surface area contributed by atoms with Gasteiger partial charge >= 0.3 is 6.36 Å². The fraction of sp³-hybridized carbons (Fsp3) is 0.158. The van der Waals surface area contributed by atoms with Crippen LogP contribution in [-0.4, -0.2) is 28.0 Å². The van der Waals surface area contributed by atoms with E-state index < -0.39 is 6.36 Å². The van der Waals surface area contributed by atoms with Crippen LogP contribution in [0.5, 0.6) is 11.5 Å². The summed E-state index contributed by atoms with van der Waals surface area (Å²) in [6, 6.07) is 13.6. The van der Waals surface area contributed by atoms with Crippen LogP contribution in [0.15, 0.2) is 54.6 Å². The van der Waals surface area contributed by atoms with Crippen molar-refractivity contribution in [3.8, 4) is 22.8 Å². The molecule has 1 aromatic heterocycles. The number of nitrogens with zero attached hydrogens (tertiary/aromatic N) is 2. The topological polar surface area (TPSA) is 79.3 Å². The first-order valence-electron chi connectivity index (χ1n) is 8.37. The molecule has 0 aliphatic heterocycles. The molecule has 0 saturated heterocycles. The van der Waals surface area contributed by atoms with Crippen molar-refractivity contribution in [3.63, 3.8) is 0 Å². The van der Waals surface area contributed by atoms with Gasteiger partial charge in [0.05, 0.1) is 5.69 Å². The van der Waals surface area contributed by atoms with Gasteiger partial charge in [-0.1, -0.05) is 12.1 Å². The number of aromatic hydroxyl groups is 1. The highest BCUT2D eigenvalue weighted by Crippen LogP contribution is 2.29. The first kappa shape index (κ1) is 19.3. The Morgan fingerprint density at radius 2 is 1.79 bits per heavy atom. The fourth-order valence-corrected chi connectivity index (χ4v) is 2.44. The lowest BCUT2D eigenvalue weighted by atomic mass is 10.1. The lowest BCUT2D eigenvalue weighted by Gasteiger charge is -2.12. The quantitative estimate of drug-likeness (QED) is 0.519. The molecule has 0 atom stereocenters. The van der Waals surface area contributed by atoms with Crippen molar-refractivity contribution >= 4 is 17.5 Å². The third kappa shape index (κ3) is 5.26. The van der Waals surface area contributed by atoms with E-state index in [0.29, 0.717) is 35.3 Å². The Bertz CT molecular complexity index is 947. The summed E-state index contributed by atoms with van der Waals surface area (Å²) in [4.78, 5) is 8.69. The molecule has 0 aliphatic rings. The van der Waals surface area contributed by atoms with Crippen molar-refractivity contribution in [2.75, 3.05) is 17.2 Å². The smallest absolute Gasteiger partial charge is 0.508 e. The van der Waals surface area contributed by atoms with Crippen LogP contribution in [0.25, 0.3) is 11.3 Å². The second kappa shape index (κ2) is 8.03. The van der Waals surface area contributed by atoms with Gasteiger partial charge in [0.2, 0.25) is 5.95 Å². The Balaban J connectivity index is 1.95. The van der Waals surface area contributed by atoms with E-state index in [1.54, 1.807) is 24.3 Å². The largest absolute Gasteiger partial charge is 0.573 e. The molecule has 146 valence electrons. The van der Waals surface area contributed by atoms with Crippen molar-refractivity contribution in [2.45, 2.75) is 13.3 Å². The van der Waals surface area contributed by atoms with Gasteiger partial charge in [0.1, 0.15) is 17.3 Å². The number of aromatic nitrogens is 2. The molecule has 28 heavy (non-hydrogen) atoms. The summed E-state index contributed by atoms with van der Waals surface area (Å²) in [6.07, 6.45) is -4.77. The number of phenols is 1.